The van der Waals surface area contributed by atoms with Crippen molar-refractivity contribution < 1.29 is 19.4 Å². The highest BCUT2D eigenvalue weighted by atomic mass is 16.5. The summed E-state index contributed by atoms with van der Waals surface area (Å²) < 4.78 is 5.31. The Labute approximate surface area is 113 Å². The molecule has 0 aromatic rings. The minimum Gasteiger partial charge on any atom is -0.480 e. The van der Waals surface area contributed by atoms with E-state index in [0.29, 0.717) is 25.3 Å². The van der Waals surface area contributed by atoms with Crippen molar-refractivity contribution >= 4 is 11.9 Å². The number of carboxylic acid groups (broad SMARTS) is 1. The summed E-state index contributed by atoms with van der Waals surface area (Å²) in [6.07, 6.45) is 6.00. The van der Waals surface area contributed by atoms with Crippen LogP contribution >= 0.6 is 0 Å². The molecule has 2 heterocycles. The van der Waals surface area contributed by atoms with E-state index in [-0.39, 0.29) is 5.91 Å². The van der Waals surface area contributed by atoms with E-state index < -0.39 is 12.0 Å². The maximum absolute atomic E-state index is 12.0. The van der Waals surface area contributed by atoms with Crippen molar-refractivity contribution in [3.8, 4) is 0 Å². The highest BCUT2D eigenvalue weighted by Gasteiger charge is 2.33. The first kappa shape index (κ1) is 14.3. The van der Waals surface area contributed by atoms with Gasteiger partial charge in [-0.05, 0) is 44.4 Å². The van der Waals surface area contributed by atoms with Crippen molar-refractivity contribution in [2.45, 2.75) is 51.0 Å². The molecule has 1 N–H and O–H groups in total. The lowest BCUT2D eigenvalue weighted by atomic mass is 9.94. The summed E-state index contributed by atoms with van der Waals surface area (Å²) in [6, 6.07) is -0.587. The van der Waals surface area contributed by atoms with Crippen molar-refractivity contribution in [1.82, 2.24) is 4.90 Å². The first-order valence-corrected chi connectivity index (χ1v) is 7.28. The summed E-state index contributed by atoms with van der Waals surface area (Å²) in [5, 5.41) is 9.05. The average Bonchev–Trinajstić information content (AvgIpc) is 2.89. The minimum atomic E-state index is -0.865. The van der Waals surface area contributed by atoms with Crippen LogP contribution in [0.5, 0.6) is 0 Å². The Bertz CT molecular complexity index is 325. The Balaban J connectivity index is 1.70. The van der Waals surface area contributed by atoms with Gasteiger partial charge in [0.15, 0.2) is 0 Å². The van der Waals surface area contributed by atoms with Gasteiger partial charge in [-0.25, -0.2) is 4.79 Å². The van der Waals surface area contributed by atoms with E-state index in [4.69, 9.17) is 9.84 Å². The molecule has 19 heavy (non-hydrogen) atoms. The third-order valence-electron chi connectivity index (χ3n) is 4.20. The van der Waals surface area contributed by atoms with Gasteiger partial charge >= 0.3 is 5.97 Å². The fourth-order valence-electron chi connectivity index (χ4n) is 3.04. The molecule has 2 fully saturated rings. The van der Waals surface area contributed by atoms with Crippen LogP contribution < -0.4 is 0 Å². The number of aliphatic carboxylic acids is 1. The number of nitrogens with zero attached hydrogens (tertiary/aromatic N) is 1. The van der Waals surface area contributed by atoms with Gasteiger partial charge in [0.05, 0.1) is 0 Å². The van der Waals surface area contributed by atoms with Gasteiger partial charge in [-0.1, -0.05) is 0 Å². The van der Waals surface area contributed by atoms with Gasteiger partial charge in [-0.3, -0.25) is 4.79 Å². The van der Waals surface area contributed by atoms with Crippen molar-refractivity contribution in [2.75, 3.05) is 19.8 Å². The Hall–Kier alpha value is -1.10. The lowest BCUT2D eigenvalue weighted by molar-refractivity contribution is -0.148. The zero-order chi connectivity index (χ0) is 13.7. The largest absolute Gasteiger partial charge is 0.480 e. The van der Waals surface area contributed by atoms with Gasteiger partial charge in [-0.2, -0.15) is 0 Å². The van der Waals surface area contributed by atoms with E-state index in [9.17, 15) is 9.59 Å². The first-order chi connectivity index (χ1) is 9.18. The van der Waals surface area contributed by atoms with Crippen molar-refractivity contribution in [1.29, 1.82) is 0 Å². The highest BCUT2D eigenvalue weighted by Crippen LogP contribution is 2.23. The molecule has 0 saturated carbocycles. The molecule has 1 amide bonds. The third-order valence-corrected chi connectivity index (χ3v) is 4.20. The standard InChI is InChI=1S/C14H23NO4/c16-13(15-8-2-4-12(15)14(17)18)5-1-3-11-6-9-19-10-7-11/h11-12H,1-10H2,(H,17,18)/t12-/m0/s1. The lowest BCUT2D eigenvalue weighted by Gasteiger charge is -2.23. The predicted molar refractivity (Wildman–Crippen MR) is 69.8 cm³/mol. The Morgan fingerprint density at radius 1 is 1.21 bits per heavy atom. The highest BCUT2D eigenvalue weighted by molar-refractivity contribution is 5.84. The van der Waals surface area contributed by atoms with Crippen molar-refractivity contribution in [3.05, 3.63) is 0 Å². The van der Waals surface area contributed by atoms with Crippen LogP contribution in [0.15, 0.2) is 0 Å². The molecular weight excluding hydrogens is 246 g/mol. The maximum Gasteiger partial charge on any atom is 0.326 e. The molecule has 0 spiro atoms. The quantitative estimate of drug-likeness (QED) is 0.824. The van der Waals surface area contributed by atoms with Crippen LogP contribution in [0.25, 0.3) is 0 Å². The lowest BCUT2D eigenvalue weighted by Crippen LogP contribution is -2.40. The molecular formula is C14H23NO4. The molecule has 5 nitrogen and oxygen atoms in total. The summed E-state index contributed by atoms with van der Waals surface area (Å²) in [5.74, 6) is -0.178. The van der Waals surface area contributed by atoms with Crippen LogP contribution in [0, 0.1) is 5.92 Å². The first-order valence-electron chi connectivity index (χ1n) is 7.28. The second-order valence-electron chi connectivity index (χ2n) is 5.53. The summed E-state index contributed by atoms with van der Waals surface area (Å²) in [6.45, 7) is 2.28. The van der Waals surface area contributed by atoms with E-state index in [2.05, 4.69) is 0 Å². The Kier molecular flexibility index (Phi) is 5.19. The number of amides is 1. The molecule has 1 atom stereocenters. The number of carbonyl (C=O) groups is 2. The number of ether oxygens (including phenoxy) is 1. The number of hydrogen-bond donors (Lipinski definition) is 1. The topological polar surface area (TPSA) is 66.8 Å². The molecule has 0 aliphatic carbocycles. The van der Waals surface area contributed by atoms with Gasteiger partial charge in [-0.15, -0.1) is 0 Å². The third kappa shape index (κ3) is 3.93. The van der Waals surface area contributed by atoms with Crippen molar-refractivity contribution in [3.63, 3.8) is 0 Å². The van der Waals surface area contributed by atoms with Crippen molar-refractivity contribution in [2.24, 2.45) is 5.92 Å². The molecule has 2 saturated heterocycles. The Morgan fingerprint density at radius 3 is 2.63 bits per heavy atom. The van der Waals surface area contributed by atoms with Gasteiger partial charge in [0.2, 0.25) is 5.91 Å². The molecule has 5 heteroatoms. The number of carbonyl (C=O) groups excluding carboxylic acids is 1. The Morgan fingerprint density at radius 2 is 1.95 bits per heavy atom. The molecule has 0 aromatic heterocycles. The molecule has 2 aliphatic rings. The van der Waals surface area contributed by atoms with E-state index in [1.54, 1.807) is 4.90 Å². The molecule has 0 aromatic carbocycles. The number of hydrogen-bond acceptors (Lipinski definition) is 3. The van der Waals surface area contributed by atoms with E-state index in [0.717, 1.165) is 45.3 Å². The SMILES string of the molecule is O=C(O)[C@@H]1CCCN1C(=O)CCCC1CCOCC1. The molecule has 108 valence electrons. The smallest absolute Gasteiger partial charge is 0.326 e. The molecule has 0 radical (unpaired) electrons. The zero-order valence-corrected chi connectivity index (χ0v) is 11.3. The molecule has 2 rings (SSSR count). The van der Waals surface area contributed by atoms with E-state index in [1.807, 2.05) is 0 Å². The van der Waals surface area contributed by atoms with Gasteiger partial charge in [0.1, 0.15) is 6.04 Å². The number of carboxylic acids is 1. The van der Waals surface area contributed by atoms with Crippen LogP contribution in [0.3, 0.4) is 0 Å². The molecule has 0 bridgehead atoms. The predicted octanol–water partition coefficient (Wildman–Crippen LogP) is 1.66. The molecule has 2 aliphatic heterocycles. The van der Waals surface area contributed by atoms with Crippen LogP contribution in [0.4, 0.5) is 0 Å². The van der Waals surface area contributed by atoms with Crippen LogP contribution in [0.2, 0.25) is 0 Å². The van der Waals surface area contributed by atoms with Gasteiger partial charge in [0, 0.05) is 26.2 Å². The molecule has 0 unspecified atom stereocenters. The summed E-state index contributed by atoms with van der Waals surface area (Å²) in [5.41, 5.74) is 0. The maximum atomic E-state index is 12.0. The minimum absolute atomic E-state index is 0.0111. The van der Waals surface area contributed by atoms with Crippen LogP contribution in [-0.4, -0.2) is 47.7 Å². The van der Waals surface area contributed by atoms with Gasteiger partial charge < -0.3 is 14.7 Å². The summed E-state index contributed by atoms with van der Waals surface area (Å²) in [7, 11) is 0. The second-order valence-corrected chi connectivity index (χ2v) is 5.53. The zero-order valence-electron chi connectivity index (χ0n) is 11.3. The fraction of sp³-hybridized carbons (Fsp3) is 0.857. The number of rotatable bonds is 5. The summed E-state index contributed by atoms with van der Waals surface area (Å²) >= 11 is 0. The van der Waals surface area contributed by atoms with E-state index >= 15 is 0 Å². The van der Waals surface area contributed by atoms with Crippen LogP contribution in [-0.2, 0) is 14.3 Å². The summed E-state index contributed by atoms with van der Waals surface area (Å²) in [4.78, 5) is 24.6. The van der Waals surface area contributed by atoms with E-state index in [1.165, 1.54) is 0 Å². The van der Waals surface area contributed by atoms with Gasteiger partial charge in [0.25, 0.3) is 0 Å². The average molecular weight is 269 g/mol. The fourth-order valence-corrected chi connectivity index (χ4v) is 3.04. The number of likely N-dealkylation sites (tertiary alicyclic amines) is 1. The monoisotopic (exact) mass is 269 g/mol. The van der Waals surface area contributed by atoms with Crippen LogP contribution in [0.1, 0.15) is 44.9 Å². The normalized spacial score (nSPS) is 24.6. The second kappa shape index (κ2) is 6.89.